The number of fused-ring (bicyclic) bond motifs is 1. The molecule has 0 radical (unpaired) electrons. The topological polar surface area (TPSA) is 53.1 Å². The van der Waals surface area contributed by atoms with Crippen molar-refractivity contribution >= 4 is 40.1 Å². The molecule has 0 aliphatic heterocycles. The van der Waals surface area contributed by atoms with Crippen LogP contribution in [0.15, 0.2) is 42.5 Å². The number of aromatic nitrogens is 1. The van der Waals surface area contributed by atoms with Crippen LogP contribution < -0.4 is 0 Å². The zero-order valence-corrected chi connectivity index (χ0v) is 12.4. The van der Waals surface area contributed by atoms with Crippen molar-refractivity contribution in [2.45, 2.75) is 6.42 Å². The number of nitrogens with one attached hydrogen (secondary N) is 1. The van der Waals surface area contributed by atoms with E-state index in [1.54, 1.807) is 12.1 Å². The van der Waals surface area contributed by atoms with Gasteiger partial charge in [-0.15, -0.1) is 0 Å². The van der Waals surface area contributed by atoms with Gasteiger partial charge in [0.15, 0.2) is 0 Å². The summed E-state index contributed by atoms with van der Waals surface area (Å²) in [6.07, 6.45) is -0.106. The molecule has 21 heavy (non-hydrogen) atoms. The molecule has 0 aliphatic carbocycles. The van der Waals surface area contributed by atoms with Crippen LogP contribution in [-0.4, -0.2) is 16.1 Å². The fourth-order valence-corrected chi connectivity index (χ4v) is 3.10. The first-order valence-electron chi connectivity index (χ1n) is 6.33. The van der Waals surface area contributed by atoms with Gasteiger partial charge in [0.05, 0.1) is 17.1 Å². The molecule has 0 bridgehead atoms. The Kier molecular flexibility index (Phi) is 3.62. The van der Waals surface area contributed by atoms with Crippen LogP contribution in [0.25, 0.3) is 22.2 Å². The fourth-order valence-electron chi connectivity index (χ4n) is 2.49. The minimum absolute atomic E-state index is 0.106. The fraction of sp³-hybridized carbons (Fsp3) is 0.0625. The second-order valence-electron chi connectivity index (χ2n) is 4.73. The Morgan fingerprint density at radius 2 is 1.86 bits per heavy atom. The van der Waals surface area contributed by atoms with Crippen LogP contribution in [0, 0.1) is 0 Å². The summed E-state index contributed by atoms with van der Waals surface area (Å²) in [6.45, 7) is 0. The molecular weight excluding hydrogens is 309 g/mol. The van der Waals surface area contributed by atoms with Crippen molar-refractivity contribution in [3.8, 4) is 11.3 Å². The van der Waals surface area contributed by atoms with Crippen molar-refractivity contribution in [1.82, 2.24) is 4.98 Å². The molecule has 1 heterocycles. The highest BCUT2D eigenvalue weighted by molar-refractivity contribution is 6.39. The van der Waals surface area contributed by atoms with E-state index in [0.717, 1.165) is 16.8 Å². The molecule has 2 aromatic carbocycles. The Hall–Kier alpha value is -1.97. The Morgan fingerprint density at radius 1 is 1.14 bits per heavy atom. The summed E-state index contributed by atoms with van der Waals surface area (Å²) in [4.78, 5) is 14.4. The lowest BCUT2D eigenvalue weighted by molar-refractivity contribution is -0.136. The molecule has 3 nitrogen and oxygen atoms in total. The van der Waals surface area contributed by atoms with Crippen LogP contribution in [0.5, 0.6) is 0 Å². The molecule has 0 atom stereocenters. The van der Waals surface area contributed by atoms with Gasteiger partial charge in [0, 0.05) is 15.9 Å². The first-order valence-corrected chi connectivity index (χ1v) is 7.08. The Balaban J connectivity index is 2.33. The quantitative estimate of drug-likeness (QED) is 0.730. The molecule has 1 aromatic heterocycles. The van der Waals surface area contributed by atoms with Gasteiger partial charge in [0.2, 0.25) is 0 Å². The molecule has 5 heteroatoms. The summed E-state index contributed by atoms with van der Waals surface area (Å²) >= 11 is 12.3. The van der Waals surface area contributed by atoms with E-state index in [9.17, 15) is 9.90 Å². The maximum Gasteiger partial charge on any atom is 0.307 e. The maximum absolute atomic E-state index is 11.2. The van der Waals surface area contributed by atoms with Crippen LogP contribution in [0.1, 0.15) is 5.56 Å². The first kappa shape index (κ1) is 14.0. The van der Waals surface area contributed by atoms with E-state index in [2.05, 4.69) is 4.98 Å². The largest absolute Gasteiger partial charge is 0.481 e. The van der Waals surface area contributed by atoms with Gasteiger partial charge in [-0.1, -0.05) is 53.5 Å². The molecule has 0 aliphatic rings. The minimum atomic E-state index is -0.904. The number of halogens is 2. The van der Waals surface area contributed by atoms with Gasteiger partial charge in [-0.25, -0.2) is 0 Å². The lowest BCUT2D eigenvalue weighted by atomic mass is 10.0. The number of aliphatic carboxylic acids is 1. The lowest BCUT2D eigenvalue weighted by Gasteiger charge is -2.03. The maximum atomic E-state index is 11.2. The molecule has 106 valence electrons. The van der Waals surface area contributed by atoms with Crippen molar-refractivity contribution in [2.24, 2.45) is 0 Å². The SMILES string of the molecule is O=C(O)Cc1c(-c2ccccc2)[nH]c2cc(Cl)cc(Cl)c12. The number of carbonyl (C=O) groups is 1. The lowest BCUT2D eigenvalue weighted by Crippen LogP contribution is -2.01. The van der Waals surface area contributed by atoms with Gasteiger partial charge in [-0.2, -0.15) is 0 Å². The smallest absolute Gasteiger partial charge is 0.307 e. The molecule has 0 spiro atoms. The molecule has 0 amide bonds. The number of benzene rings is 2. The Labute approximate surface area is 131 Å². The zero-order valence-electron chi connectivity index (χ0n) is 10.9. The highest BCUT2D eigenvalue weighted by atomic mass is 35.5. The summed E-state index contributed by atoms with van der Waals surface area (Å²) in [7, 11) is 0. The monoisotopic (exact) mass is 319 g/mol. The number of carboxylic acids is 1. The van der Waals surface area contributed by atoms with Gasteiger partial charge < -0.3 is 10.1 Å². The summed E-state index contributed by atoms with van der Waals surface area (Å²) in [5.41, 5.74) is 3.09. The number of hydrogen-bond donors (Lipinski definition) is 2. The second-order valence-corrected chi connectivity index (χ2v) is 5.57. The third kappa shape index (κ3) is 2.62. The number of H-pyrrole nitrogens is 1. The predicted molar refractivity (Wildman–Crippen MR) is 85.1 cm³/mol. The van der Waals surface area contributed by atoms with Crippen LogP contribution in [-0.2, 0) is 11.2 Å². The highest BCUT2D eigenvalue weighted by Crippen LogP contribution is 2.36. The third-order valence-corrected chi connectivity index (χ3v) is 3.83. The summed E-state index contributed by atoms with van der Waals surface area (Å²) in [5.74, 6) is -0.904. The molecular formula is C16H11Cl2NO2. The summed E-state index contributed by atoms with van der Waals surface area (Å²) < 4.78 is 0. The molecule has 0 fully saturated rings. The average molecular weight is 320 g/mol. The van der Waals surface area contributed by atoms with E-state index in [1.165, 1.54) is 0 Å². The zero-order chi connectivity index (χ0) is 15.0. The second kappa shape index (κ2) is 5.43. The first-order chi connectivity index (χ1) is 10.1. The van der Waals surface area contributed by atoms with E-state index in [0.29, 0.717) is 21.0 Å². The van der Waals surface area contributed by atoms with Gasteiger partial charge in [0.25, 0.3) is 0 Å². The normalized spacial score (nSPS) is 11.0. The molecule has 3 rings (SSSR count). The Morgan fingerprint density at radius 3 is 2.52 bits per heavy atom. The van der Waals surface area contributed by atoms with E-state index in [4.69, 9.17) is 23.2 Å². The standard InChI is InChI=1S/C16H11Cl2NO2/c17-10-6-12(18)15-11(8-14(20)21)16(19-13(15)7-10)9-4-2-1-3-5-9/h1-7,19H,8H2,(H,20,21). The molecule has 2 N–H and O–H groups in total. The molecule has 3 aromatic rings. The van der Waals surface area contributed by atoms with Crippen molar-refractivity contribution in [2.75, 3.05) is 0 Å². The van der Waals surface area contributed by atoms with E-state index in [-0.39, 0.29) is 6.42 Å². The summed E-state index contributed by atoms with van der Waals surface area (Å²) in [5, 5.41) is 10.8. The third-order valence-electron chi connectivity index (χ3n) is 3.31. The summed E-state index contributed by atoms with van der Waals surface area (Å²) in [6, 6.07) is 12.9. The number of hydrogen-bond acceptors (Lipinski definition) is 1. The van der Waals surface area contributed by atoms with Gasteiger partial charge in [0.1, 0.15) is 0 Å². The molecule has 0 saturated heterocycles. The average Bonchev–Trinajstić information content (AvgIpc) is 2.77. The Bertz CT molecular complexity index is 825. The van der Waals surface area contributed by atoms with Crippen molar-refractivity contribution in [3.05, 3.63) is 58.1 Å². The van der Waals surface area contributed by atoms with Crippen LogP contribution >= 0.6 is 23.2 Å². The van der Waals surface area contributed by atoms with Gasteiger partial charge in [-0.3, -0.25) is 4.79 Å². The number of aromatic amines is 1. The molecule has 0 saturated carbocycles. The van der Waals surface area contributed by atoms with Crippen LogP contribution in [0.4, 0.5) is 0 Å². The minimum Gasteiger partial charge on any atom is -0.481 e. The van der Waals surface area contributed by atoms with Crippen molar-refractivity contribution < 1.29 is 9.90 Å². The predicted octanol–water partition coefficient (Wildman–Crippen LogP) is 4.77. The highest BCUT2D eigenvalue weighted by Gasteiger charge is 2.18. The molecule has 0 unspecified atom stereocenters. The number of carboxylic acid groups (broad SMARTS) is 1. The van der Waals surface area contributed by atoms with Crippen LogP contribution in [0.2, 0.25) is 10.0 Å². The van der Waals surface area contributed by atoms with Crippen molar-refractivity contribution in [3.63, 3.8) is 0 Å². The number of rotatable bonds is 3. The van der Waals surface area contributed by atoms with Gasteiger partial charge >= 0.3 is 5.97 Å². The van der Waals surface area contributed by atoms with E-state index < -0.39 is 5.97 Å². The van der Waals surface area contributed by atoms with E-state index in [1.807, 2.05) is 30.3 Å². The van der Waals surface area contributed by atoms with Crippen LogP contribution in [0.3, 0.4) is 0 Å². The van der Waals surface area contributed by atoms with Crippen molar-refractivity contribution in [1.29, 1.82) is 0 Å². The van der Waals surface area contributed by atoms with Gasteiger partial charge in [-0.05, 0) is 23.3 Å². The van der Waals surface area contributed by atoms with E-state index >= 15 is 0 Å².